The number of benzene rings is 1. The van der Waals surface area contributed by atoms with E-state index in [9.17, 15) is 4.79 Å². The lowest BCUT2D eigenvalue weighted by Crippen LogP contribution is -2.19. The summed E-state index contributed by atoms with van der Waals surface area (Å²) in [5.74, 6) is 0.300. The van der Waals surface area contributed by atoms with Crippen LogP contribution in [0.25, 0.3) is 0 Å². The number of rotatable bonds is 7. The molecule has 0 amide bonds. The molecule has 1 unspecified atom stereocenters. The van der Waals surface area contributed by atoms with Crippen molar-refractivity contribution in [3.05, 3.63) is 35.9 Å². The van der Waals surface area contributed by atoms with Crippen molar-refractivity contribution >= 4 is 17.4 Å². The molecule has 0 saturated carbocycles. The molecule has 1 rings (SSSR count). The fraction of sp³-hybridized carbons (Fsp3) is 0.533. The second kappa shape index (κ2) is 7.50. The summed E-state index contributed by atoms with van der Waals surface area (Å²) in [7, 11) is 0. The average molecular weight is 253 g/mol. The van der Waals surface area contributed by atoms with Gasteiger partial charge in [-0.3, -0.25) is 4.79 Å². The Morgan fingerprint density at radius 3 is 2.12 bits per heavy atom. The van der Waals surface area contributed by atoms with Crippen LogP contribution in [0.4, 0.5) is 0 Å². The molecule has 0 spiro atoms. The van der Waals surface area contributed by atoms with E-state index in [1.807, 2.05) is 30.3 Å². The van der Waals surface area contributed by atoms with E-state index in [2.05, 4.69) is 13.8 Å². The van der Waals surface area contributed by atoms with Gasteiger partial charge >= 0.3 is 0 Å². The normalized spacial score (nSPS) is 12.7. The summed E-state index contributed by atoms with van der Waals surface area (Å²) in [5.41, 5.74) is 0.913. The van der Waals surface area contributed by atoms with Crippen molar-refractivity contribution in [2.24, 2.45) is 5.92 Å². The molecule has 1 aromatic carbocycles. The highest BCUT2D eigenvalue weighted by atomic mass is 35.5. The Balaban J connectivity index is 2.73. The molecule has 2 heteroatoms. The van der Waals surface area contributed by atoms with E-state index in [4.69, 9.17) is 11.6 Å². The molecule has 0 fully saturated rings. The molecule has 0 radical (unpaired) electrons. The van der Waals surface area contributed by atoms with Gasteiger partial charge < -0.3 is 0 Å². The van der Waals surface area contributed by atoms with Crippen LogP contribution in [-0.4, -0.2) is 5.78 Å². The van der Waals surface area contributed by atoms with E-state index in [-0.39, 0.29) is 11.7 Å². The van der Waals surface area contributed by atoms with Crippen LogP contribution in [0.5, 0.6) is 0 Å². The third kappa shape index (κ3) is 4.16. The van der Waals surface area contributed by atoms with Gasteiger partial charge in [-0.2, -0.15) is 0 Å². The Hall–Kier alpha value is -0.820. The fourth-order valence-corrected chi connectivity index (χ4v) is 2.44. The van der Waals surface area contributed by atoms with Crippen LogP contribution in [0, 0.1) is 5.92 Å². The maximum absolute atomic E-state index is 12.3. The van der Waals surface area contributed by atoms with E-state index in [0.29, 0.717) is 0 Å². The van der Waals surface area contributed by atoms with Crippen molar-refractivity contribution < 1.29 is 4.79 Å². The van der Waals surface area contributed by atoms with Gasteiger partial charge in [0.2, 0.25) is 0 Å². The van der Waals surface area contributed by atoms with Crippen molar-refractivity contribution in [3.8, 4) is 0 Å². The third-order valence-electron chi connectivity index (χ3n) is 3.02. The second-order valence-corrected chi connectivity index (χ2v) is 4.89. The molecule has 17 heavy (non-hydrogen) atoms. The highest BCUT2D eigenvalue weighted by Gasteiger charge is 2.25. The van der Waals surface area contributed by atoms with Crippen molar-refractivity contribution in [1.82, 2.24) is 0 Å². The van der Waals surface area contributed by atoms with Gasteiger partial charge in [-0.05, 0) is 18.4 Å². The van der Waals surface area contributed by atoms with E-state index in [0.717, 1.165) is 31.2 Å². The minimum Gasteiger partial charge on any atom is -0.297 e. The maximum atomic E-state index is 12.3. The molecule has 0 aliphatic heterocycles. The topological polar surface area (TPSA) is 17.1 Å². The number of carbonyl (C=O) groups is 1. The van der Waals surface area contributed by atoms with Crippen LogP contribution in [-0.2, 0) is 4.79 Å². The zero-order valence-electron chi connectivity index (χ0n) is 10.7. The number of ketones is 1. The lowest BCUT2D eigenvalue weighted by atomic mass is 9.90. The molecular formula is C15H21ClO. The van der Waals surface area contributed by atoms with Crippen LogP contribution in [0.1, 0.15) is 50.5 Å². The molecule has 0 heterocycles. The molecule has 0 saturated heterocycles. The van der Waals surface area contributed by atoms with E-state index < -0.39 is 5.38 Å². The van der Waals surface area contributed by atoms with Gasteiger partial charge in [-0.1, -0.05) is 57.0 Å². The number of Topliss-reactive ketones (excluding diaryl/α,β-unsaturated/α-hetero) is 1. The number of alkyl halides is 1. The fourth-order valence-electron chi connectivity index (χ4n) is 2.12. The maximum Gasteiger partial charge on any atom is 0.158 e. The number of hydrogen-bond donors (Lipinski definition) is 0. The first-order chi connectivity index (χ1) is 8.20. The summed E-state index contributed by atoms with van der Waals surface area (Å²) in [6.07, 6.45) is 3.97. The van der Waals surface area contributed by atoms with Crippen molar-refractivity contribution in [1.29, 1.82) is 0 Å². The van der Waals surface area contributed by atoms with Gasteiger partial charge in [0.1, 0.15) is 5.38 Å². The summed E-state index contributed by atoms with van der Waals surface area (Å²) in [5, 5.41) is -0.487. The molecule has 1 aromatic rings. The average Bonchev–Trinajstić information content (AvgIpc) is 2.38. The van der Waals surface area contributed by atoms with E-state index in [1.165, 1.54) is 0 Å². The molecule has 1 nitrogen and oxygen atoms in total. The molecule has 0 N–H and O–H groups in total. The van der Waals surface area contributed by atoms with Crippen LogP contribution in [0.3, 0.4) is 0 Å². The summed E-state index contributed by atoms with van der Waals surface area (Å²) in [4.78, 5) is 12.3. The molecule has 1 atom stereocenters. The zero-order chi connectivity index (χ0) is 12.7. The van der Waals surface area contributed by atoms with Gasteiger partial charge in [0.05, 0.1) is 0 Å². The summed E-state index contributed by atoms with van der Waals surface area (Å²) in [6.45, 7) is 4.23. The minimum atomic E-state index is -0.487. The molecule has 0 aliphatic carbocycles. The molecular weight excluding hydrogens is 232 g/mol. The van der Waals surface area contributed by atoms with Gasteiger partial charge in [0.15, 0.2) is 5.78 Å². The SMILES string of the molecule is CCCC(CCC)C(=O)C(Cl)c1ccccc1. The molecule has 0 bridgehead atoms. The standard InChI is InChI=1S/C15H21ClO/c1-3-8-13(9-4-2)15(17)14(16)12-10-6-5-7-11-12/h5-7,10-11,13-14H,3-4,8-9H2,1-2H3. The predicted octanol–water partition coefficient (Wildman–Crippen LogP) is 4.75. The number of carbonyl (C=O) groups excluding carboxylic acids is 1. The Morgan fingerprint density at radius 1 is 1.12 bits per heavy atom. The minimum absolute atomic E-state index is 0.118. The lowest BCUT2D eigenvalue weighted by molar-refractivity contribution is -0.123. The number of halogens is 1. The first-order valence-electron chi connectivity index (χ1n) is 6.43. The van der Waals surface area contributed by atoms with Gasteiger partial charge in [-0.15, -0.1) is 11.6 Å². The summed E-state index contributed by atoms with van der Waals surface area (Å²) >= 11 is 6.27. The highest BCUT2D eigenvalue weighted by molar-refractivity contribution is 6.31. The summed E-state index contributed by atoms with van der Waals surface area (Å²) < 4.78 is 0. The van der Waals surface area contributed by atoms with Gasteiger partial charge in [0.25, 0.3) is 0 Å². The van der Waals surface area contributed by atoms with Crippen LogP contribution in [0.2, 0.25) is 0 Å². The monoisotopic (exact) mass is 252 g/mol. The van der Waals surface area contributed by atoms with Crippen molar-refractivity contribution in [2.45, 2.75) is 44.9 Å². The van der Waals surface area contributed by atoms with Crippen molar-refractivity contribution in [2.75, 3.05) is 0 Å². The first-order valence-corrected chi connectivity index (χ1v) is 6.87. The predicted molar refractivity (Wildman–Crippen MR) is 73.3 cm³/mol. The Labute approximate surface area is 109 Å². The Bertz CT molecular complexity index is 328. The lowest BCUT2D eigenvalue weighted by Gasteiger charge is -2.17. The molecule has 0 aliphatic rings. The third-order valence-corrected chi connectivity index (χ3v) is 3.49. The van der Waals surface area contributed by atoms with Crippen LogP contribution >= 0.6 is 11.6 Å². The van der Waals surface area contributed by atoms with Gasteiger partial charge in [-0.25, -0.2) is 0 Å². The smallest absolute Gasteiger partial charge is 0.158 e. The molecule has 94 valence electrons. The largest absolute Gasteiger partial charge is 0.297 e. The van der Waals surface area contributed by atoms with E-state index >= 15 is 0 Å². The van der Waals surface area contributed by atoms with Crippen LogP contribution < -0.4 is 0 Å². The molecule has 0 aromatic heterocycles. The second-order valence-electron chi connectivity index (χ2n) is 4.45. The Morgan fingerprint density at radius 2 is 1.65 bits per heavy atom. The quantitative estimate of drug-likeness (QED) is 0.640. The zero-order valence-corrected chi connectivity index (χ0v) is 11.4. The first kappa shape index (κ1) is 14.2. The van der Waals surface area contributed by atoms with Gasteiger partial charge in [0, 0.05) is 5.92 Å². The summed E-state index contributed by atoms with van der Waals surface area (Å²) in [6, 6.07) is 9.63. The van der Waals surface area contributed by atoms with E-state index in [1.54, 1.807) is 0 Å². The van der Waals surface area contributed by atoms with Crippen LogP contribution in [0.15, 0.2) is 30.3 Å². The Kier molecular flexibility index (Phi) is 6.28. The highest BCUT2D eigenvalue weighted by Crippen LogP contribution is 2.28. The van der Waals surface area contributed by atoms with Crippen molar-refractivity contribution in [3.63, 3.8) is 0 Å². The number of hydrogen-bond acceptors (Lipinski definition) is 1.